The lowest BCUT2D eigenvalue weighted by Crippen LogP contribution is -1.97. The summed E-state index contributed by atoms with van der Waals surface area (Å²) in [7, 11) is 0. The number of hydrogen-bond acceptors (Lipinski definition) is 0. The monoisotopic (exact) mass is 198 g/mol. The minimum atomic E-state index is -0.695. The van der Waals surface area contributed by atoms with E-state index in [1.54, 1.807) is 19.1 Å². The maximum Gasteiger partial charge on any atom is 0.162 e. The average Bonchev–Trinajstić information content (AvgIpc) is 2.18. The van der Waals surface area contributed by atoms with Crippen molar-refractivity contribution in [1.29, 1.82) is 0 Å². The van der Waals surface area contributed by atoms with Gasteiger partial charge in [-0.05, 0) is 30.9 Å². The highest BCUT2D eigenvalue weighted by molar-refractivity contribution is 5.25. The van der Waals surface area contributed by atoms with Gasteiger partial charge in [0.15, 0.2) is 11.6 Å². The highest BCUT2D eigenvalue weighted by atomic mass is 19.2. The Bertz CT molecular complexity index is 305. The van der Waals surface area contributed by atoms with Crippen molar-refractivity contribution in [3.05, 3.63) is 34.9 Å². The van der Waals surface area contributed by atoms with Gasteiger partial charge in [-0.1, -0.05) is 31.9 Å². The molecule has 0 aliphatic heterocycles. The summed E-state index contributed by atoms with van der Waals surface area (Å²) in [6.45, 7) is 3.67. The number of rotatable bonds is 4. The van der Waals surface area contributed by atoms with Gasteiger partial charge in [-0.25, -0.2) is 8.78 Å². The normalized spacial score (nSPS) is 10.6. The summed E-state index contributed by atoms with van der Waals surface area (Å²) < 4.78 is 26.4. The Labute approximate surface area is 84.0 Å². The summed E-state index contributed by atoms with van der Waals surface area (Å²) in [6, 6.07) is 3.32. The van der Waals surface area contributed by atoms with Gasteiger partial charge in [0.05, 0.1) is 0 Å². The molecule has 0 spiro atoms. The van der Waals surface area contributed by atoms with Crippen molar-refractivity contribution in [2.45, 2.75) is 39.5 Å². The van der Waals surface area contributed by atoms with Crippen LogP contribution in [0, 0.1) is 18.6 Å². The van der Waals surface area contributed by atoms with E-state index in [1.807, 2.05) is 0 Å². The van der Waals surface area contributed by atoms with Crippen LogP contribution in [-0.4, -0.2) is 0 Å². The maximum absolute atomic E-state index is 13.3. The number of halogens is 2. The molecule has 0 nitrogen and oxygen atoms in total. The molecular formula is C12H16F2. The topological polar surface area (TPSA) is 0 Å². The standard InChI is InChI=1S/C12H16F2/c1-3-4-5-6-10-8-7-9(2)11(13)12(10)14/h7-8H,3-6H2,1-2H3. The molecule has 78 valence electrons. The zero-order chi connectivity index (χ0) is 10.6. The van der Waals surface area contributed by atoms with Crippen molar-refractivity contribution in [2.75, 3.05) is 0 Å². The third kappa shape index (κ3) is 2.53. The first-order valence-corrected chi connectivity index (χ1v) is 5.10. The fourth-order valence-electron chi connectivity index (χ4n) is 1.44. The Morgan fingerprint density at radius 2 is 1.79 bits per heavy atom. The highest BCUT2D eigenvalue weighted by Crippen LogP contribution is 2.17. The fraction of sp³-hybridized carbons (Fsp3) is 0.500. The molecule has 2 heteroatoms. The molecule has 14 heavy (non-hydrogen) atoms. The fourth-order valence-corrected chi connectivity index (χ4v) is 1.44. The summed E-state index contributed by atoms with van der Waals surface area (Å²) in [4.78, 5) is 0. The van der Waals surface area contributed by atoms with Crippen LogP contribution in [0.5, 0.6) is 0 Å². The first kappa shape index (κ1) is 11.2. The predicted molar refractivity (Wildman–Crippen MR) is 54.3 cm³/mol. The second kappa shape index (κ2) is 5.08. The van der Waals surface area contributed by atoms with Gasteiger partial charge in [0.1, 0.15) is 0 Å². The second-order valence-electron chi connectivity index (χ2n) is 3.63. The minimum Gasteiger partial charge on any atom is -0.203 e. The first-order valence-electron chi connectivity index (χ1n) is 5.10. The van der Waals surface area contributed by atoms with Crippen molar-refractivity contribution in [2.24, 2.45) is 0 Å². The minimum absolute atomic E-state index is 0.377. The van der Waals surface area contributed by atoms with Gasteiger partial charge in [-0.15, -0.1) is 0 Å². The van der Waals surface area contributed by atoms with Gasteiger partial charge in [-0.3, -0.25) is 0 Å². The van der Waals surface area contributed by atoms with Gasteiger partial charge >= 0.3 is 0 Å². The van der Waals surface area contributed by atoms with Crippen molar-refractivity contribution < 1.29 is 8.78 Å². The quantitative estimate of drug-likeness (QED) is 0.641. The van der Waals surface area contributed by atoms with Crippen LogP contribution >= 0.6 is 0 Å². The van der Waals surface area contributed by atoms with Crippen molar-refractivity contribution >= 4 is 0 Å². The Balaban J connectivity index is 2.73. The van der Waals surface area contributed by atoms with E-state index in [0.29, 0.717) is 17.5 Å². The summed E-state index contributed by atoms with van der Waals surface area (Å²) >= 11 is 0. The van der Waals surface area contributed by atoms with Crippen LogP contribution in [0.4, 0.5) is 8.78 Å². The number of benzene rings is 1. The SMILES string of the molecule is CCCCCc1ccc(C)c(F)c1F. The molecule has 0 N–H and O–H groups in total. The van der Waals surface area contributed by atoms with Crippen molar-refractivity contribution in [1.82, 2.24) is 0 Å². The van der Waals surface area contributed by atoms with Gasteiger partial charge < -0.3 is 0 Å². The first-order chi connectivity index (χ1) is 6.66. The van der Waals surface area contributed by atoms with E-state index in [-0.39, 0.29) is 0 Å². The lowest BCUT2D eigenvalue weighted by molar-refractivity contribution is 0.491. The molecule has 0 heterocycles. The Kier molecular flexibility index (Phi) is 4.05. The predicted octanol–water partition coefficient (Wildman–Crippen LogP) is 4.01. The molecule has 0 saturated heterocycles. The molecule has 1 aromatic carbocycles. The number of unbranched alkanes of at least 4 members (excludes halogenated alkanes) is 2. The summed E-state index contributed by atoms with van der Waals surface area (Å²) in [6.07, 6.45) is 3.72. The summed E-state index contributed by atoms with van der Waals surface area (Å²) in [5, 5.41) is 0. The number of hydrogen-bond donors (Lipinski definition) is 0. The van der Waals surface area contributed by atoms with Crippen LogP contribution in [0.1, 0.15) is 37.3 Å². The third-order valence-corrected chi connectivity index (χ3v) is 2.41. The zero-order valence-electron chi connectivity index (χ0n) is 8.74. The Morgan fingerprint density at radius 3 is 2.43 bits per heavy atom. The van der Waals surface area contributed by atoms with Gasteiger partial charge in [0, 0.05) is 0 Å². The molecule has 0 unspecified atom stereocenters. The van der Waals surface area contributed by atoms with Gasteiger partial charge in [-0.2, -0.15) is 0 Å². The largest absolute Gasteiger partial charge is 0.203 e. The van der Waals surface area contributed by atoms with Crippen LogP contribution in [0.25, 0.3) is 0 Å². The van der Waals surface area contributed by atoms with Crippen molar-refractivity contribution in [3.63, 3.8) is 0 Å². The van der Waals surface area contributed by atoms with Crippen LogP contribution in [0.3, 0.4) is 0 Å². The van der Waals surface area contributed by atoms with Gasteiger partial charge in [0.25, 0.3) is 0 Å². The average molecular weight is 198 g/mol. The van der Waals surface area contributed by atoms with Crippen LogP contribution in [0.15, 0.2) is 12.1 Å². The summed E-state index contributed by atoms with van der Waals surface area (Å²) in [5.41, 5.74) is 0.878. The molecule has 1 rings (SSSR count). The zero-order valence-corrected chi connectivity index (χ0v) is 8.74. The molecule has 0 aliphatic rings. The molecule has 0 aromatic heterocycles. The molecule has 0 amide bonds. The molecule has 0 radical (unpaired) electrons. The maximum atomic E-state index is 13.3. The van der Waals surface area contributed by atoms with E-state index in [1.165, 1.54) is 0 Å². The second-order valence-corrected chi connectivity index (χ2v) is 3.63. The van der Waals surface area contributed by atoms with E-state index in [4.69, 9.17) is 0 Å². The third-order valence-electron chi connectivity index (χ3n) is 2.41. The van der Waals surface area contributed by atoms with E-state index >= 15 is 0 Å². The van der Waals surface area contributed by atoms with Crippen LogP contribution in [0.2, 0.25) is 0 Å². The molecule has 0 fully saturated rings. The van der Waals surface area contributed by atoms with E-state index in [0.717, 1.165) is 19.3 Å². The van der Waals surface area contributed by atoms with Crippen LogP contribution in [-0.2, 0) is 6.42 Å². The van der Waals surface area contributed by atoms with E-state index in [2.05, 4.69) is 6.92 Å². The molecule has 0 atom stereocenters. The highest BCUT2D eigenvalue weighted by Gasteiger charge is 2.09. The molecule has 1 aromatic rings. The van der Waals surface area contributed by atoms with Crippen molar-refractivity contribution in [3.8, 4) is 0 Å². The lowest BCUT2D eigenvalue weighted by Gasteiger charge is -2.05. The van der Waals surface area contributed by atoms with Gasteiger partial charge in [0.2, 0.25) is 0 Å². The number of aryl methyl sites for hydroxylation is 2. The lowest BCUT2D eigenvalue weighted by atomic mass is 10.0. The Hall–Kier alpha value is -0.920. The van der Waals surface area contributed by atoms with E-state index in [9.17, 15) is 8.78 Å². The molecule has 0 aliphatic carbocycles. The van der Waals surface area contributed by atoms with Crippen LogP contribution < -0.4 is 0 Å². The molecule has 0 saturated carbocycles. The molecule has 0 bridgehead atoms. The smallest absolute Gasteiger partial charge is 0.162 e. The summed E-state index contributed by atoms with van der Waals surface area (Å²) in [5.74, 6) is -1.36. The Morgan fingerprint density at radius 1 is 1.07 bits per heavy atom. The molecular weight excluding hydrogens is 182 g/mol. The van der Waals surface area contributed by atoms with E-state index < -0.39 is 11.6 Å².